The molecule has 6 N–H and O–H groups in total. The molecule has 0 aliphatic heterocycles. The van der Waals surface area contributed by atoms with E-state index in [1.807, 2.05) is 0 Å². The highest BCUT2D eigenvalue weighted by Crippen LogP contribution is 2.16. The fourth-order valence-corrected chi connectivity index (χ4v) is 1.55. The highest BCUT2D eigenvalue weighted by atomic mass is 16.5. The highest BCUT2D eigenvalue weighted by molar-refractivity contribution is 5.87. The van der Waals surface area contributed by atoms with E-state index in [2.05, 4.69) is 5.32 Å². The number of amides is 2. The van der Waals surface area contributed by atoms with Crippen LogP contribution < -0.4 is 16.5 Å². The maximum absolute atomic E-state index is 11.6. The third kappa shape index (κ3) is 4.57. The van der Waals surface area contributed by atoms with Gasteiger partial charge in [-0.2, -0.15) is 0 Å². The van der Waals surface area contributed by atoms with Gasteiger partial charge >= 0.3 is 0 Å². The Morgan fingerprint density at radius 2 is 2.00 bits per heavy atom. The Morgan fingerprint density at radius 3 is 2.58 bits per heavy atom. The number of hydroxylamine groups is 1. The summed E-state index contributed by atoms with van der Waals surface area (Å²) in [4.78, 5) is 22.7. The van der Waals surface area contributed by atoms with Gasteiger partial charge in [-0.05, 0) is 18.1 Å². The van der Waals surface area contributed by atoms with E-state index in [0.29, 0.717) is 12.0 Å². The molecule has 0 fully saturated rings. The van der Waals surface area contributed by atoms with Gasteiger partial charge in [-0.3, -0.25) is 14.8 Å². The second-order valence-corrected chi connectivity index (χ2v) is 3.96. The van der Waals surface area contributed by atoms with Gasteiger partial charge in [0.05, 0.1) is 0 Å². The van der Waals surface area contributed by atoms with Crippen LogP contribution >= 0.6 is 0 Å². The van der Waals surface area contributed by atoms with Crippen LogP contribution in [-0.4, -0.2) is 34.7 Å². The summed E-state index contributed by atoms with van der Waals surface area (Å²) in [5.74, 6) is -1.03. The molecule has 0 unspecified atom stereocenters. The van der Waals surface area contributed by atoms with Crippen LogP contribution in [0.1, 0.15) is 12.0 Å². The van der Waals surface area contributed by atoms with Gasteiger partial charge < -0.3 is 16.2 Å². The van der Waals surface area contributed by atoms with Crippen LogP contribution in [0.25, 0.3) is 0 Å². The van der Waals surface area contributed by atoms with Crippen LogP contribution in [-0.2, 0) is 16.0 Å². The first kappa shape index (κ1) is 14.9. The van der Waals surface area contributed by atoms with Crippen molar-refractivity contribution in [2.45, 2.75) is 18.9 Å². The number of nitrogens with two attached hydrogens (primary N) is 1. The predicted molar refractivity (Wildman–Crippen MR) is 67.3 cm³/mol. The van der Waals surface area contributed by atoms with Crippen molar-refractivity contribution >= 4 is 11.8 Å². The van der Waals surface area contributed by atoms with Crippen molar-refractivity contribution in [2.24, 2.45) is 5.73 Å². The number of hydrogen-bond acceptors (Lipinski definition) is 5. The van der Waals surface area contributed by atoms with Crippen LogP contribution in [0.4, 0.5) is 0 Å². The van der Waals surface area contributed by atoms with E-state index in [9.17, 15) is 14.7 Å². The Kier molecular flexibility index (Phi) is 5.77. The Bertz CT molecular complexity index is 450. The molecule has 19 heavy (non-hydrogen) atoms. The highest BCUT2D eigenvalue weighted by Gasteiger charge is 2.18. The first-order chi connectivity index (χ1) is 9.08. The zero-order valence-electron chi connectivity index (χ0n) is 10.3. The standard InChI is InChI=1S/C12H17N3O4/c13-7-9(12(18)15-19)14-11(17)6-5-8-3-1-2-4-10(8)16/h1-4,9,16,19H,5-7,13H2,(H,14,17)(H,15,18)/t9-/m0/s1. The molecule has 104 valence electrons. The topological polar surface area (TPSA) is 125 Å². The zero-order chi connectivity index (χ0) is 14.3. The number of nitrogens with one attached hydrogen (secondary N) is 2. The van der Waals surface area contributed by atoms with E-state index < -0.39 is 11.9 Å². The quantitative estimate of drug-likeness (QED) is 0.343. The third-order valence-electron chi connectivity index (χ3n) is 2.61. The number of para-hydroxylation sites is 1. The fraction of sp³-hybridized carbons (Fsp3) is 0.333. The summed E-state index contributed by atoms with van der Waals surface area (Å²) in [7, 11) is 0. The Labute approximate surface area is 110 Å². The molecule has 7 nitrogen and oxygen atoms in total. The minimum absolute atomic E-state index is 0.104. The van der Waals surface area contributed by atoms with Crippen molar-refractivity contribution in [3.05, 3.63) is 29.8 Å². The molecule has 0 radical (unpaired) electrons. The molecule has 0 saturated carbocycles. The Hall–Kier alpha value is -2.12. The summed E-state index contributed by atoms with van der Waals surface area (Å²) in [6.45, 7) is -0.116. The molecular formula is C12H17N3O4. The number of hydrogen-bond donors (Lipinski definition) is 5. The summed E-state index contributed by atoms with van der Waals surface area (Å²) < 4.78 is 0. The first-order valence-electron chi connectivity index (χ1n) is 5.78. The van der Waals surface area contributed by atoms with Crippen molar-refractivity contribution in [3.63, 3.8) is 0 Å². The van der Waals surface area contributed by atoms with E-state index in [0.717, 1.165) is 0 Å². The Balaban J connectivity index is 2.48. The number of carbonyl (C=O) groups is 2. The lowest BCUT2D eigenvalue weighted by Gasteiger charge is -2.14. The lowest BCUT2D eigenvalue weighted by molar-refractivity contribution is -0.134. The van der Waals surface area contributed by atoms with Crippen LogP contribution in [0.5, 0.6) is 5.75 Å². The van der Waals surface area contributed by atoms with Gasteiger partial charge in [0.15, 0.2) is 0 Å². The van der Waals surface area contributed by atoms with E-state index in [4.69, 9.17) is 10.9 Å². The van der Waals surface area contributed by atoms with Crippen molar-refractivity contribution in [1.82, 2.24) is 10.8 Å². The fourth-order valence-electron chi connectivity index (χ4n) is 1.55. The van der Waals surface area contributed by atoms with Gasteiger partial charge in [-0.15, -0.1) is 0 Å². The summed E-state index contributed by atoms with van der Waals surface area (Å²) >= 11 is 0. The minimum Gasteiger partial charge on any atom is -0.508 e. The molecule has 0 aromatic heterocycles. The van der Waals surface area contributed by atoms with E-state index >= 15 is 0 Å². The summed E-state index contributed by atoms with van der Waals surface area (Å²) in [5, 5.41) is 20.4. The van der Waals surface area contributed by atoms with Crippen LogP contribution in [0.2, 0.25) is 0 Å². The van der Waals surface area contributed by atoms with Crippen molar-refractivity contribution < 1.29 is 19.9 Å². The number of benzene rings is 1. The lowest BCUT2D eigenvalue weighted by Crippen LogP contribution is -2.50. The average molecular weight is 267 g/mol. The summed E-state index contributed by atoms with van der Waals surface area (Å²) in [5.41, 5.74) is 7.38. The minimum atomic E-state index is -0.970. The van der Waals surface area contributed by atoms with E-state index in [1.165, 1.54) is 11.5 Å². The molecular weight excluding hydrogens is 250 g/mol. The van der Waals surface area contributed by atoms with Gasteiger partial charge in [-0.1, -0.05) is 18.2 Å². The van der Waals surface area contributed by atoms with Crippen LogP contribution in [0.3, 0.4) is 0 Å². The van der Waals surface area contributed by atoms with E-state index in [1.54, 1.807) is 18.2 Å². The van der Waals surface area contributed by atoms with E-state index in [-0.39, 0.29) is 24.6 Å². The van der Waals surface area contributed by atoms with Crippen LogP contribution in [0, 0.1) is 0 Å². The largest absolute Gasteiger partial charge is 0.508 e. The van der Waals surface area contributed by atoms with Crippen molar-refractivity contribution in [3.8, 4) is 5.75 Å². The monoisotopic (exact) mass is 267 g/mol. The van der Waals surface area contributed by atoms with Gasteiger partial charge in [0.1, 0.15) is 11.8 Å². The molecule has 1 aromatic rings. The molecule has 0 heterocycles. The third-order valence-corrected chi connectivity index (χ3v) is 2.61. The molecule has 0 spiro atoms. The molecule has 0 bridgehead atoms. The van der Waals surface area contributed by atoms with Gasteiger partial charge in [0, 0.05) is 13.0 Å². The molecule has 0 aliphatic carbocycles. The average Bonchev–Trinajstić information content (AvgIpc) is 2.43. The maximum Gasteiger partial charge on any atom is 0.267 e. The maximum atomic E-state index is 11.6. The molecule has 2 amide bonds. The molecule has 7 heteroatoms. The van der Waals surface area contributed by atoms with Crippen LogP contribution in [0.15, 0.2) is 24.3 Å². The number of phenolic OH excluding ortho intramolecular Hbond substituents is 1. The molecule has 0 saturated heterocycles. The summed E-state index contributed by atoms with van der Waals surface area (Å²) in [6.07, 6.45) is 0.448. The van der Waals surface area contributed by atoms with Crippen molar-refractivity contribution in [1.29, 1.82) is 0 Å². The molecule has 1 atom stereocenters. The predicted octanol–water partition coefficient (Wildman–Crippen LogP) is -0.726. The smallest absolute Gasteiger partial charge is 0.267 e. The molecule has 0 aliphatic rings. The second-order valence-electron chi connectivity index (χ2n) is 3.96. The Morgan fingerprint density at radius 1 is 1.32 bits per heavy atom. The number of carbonyl (C=O) groups excluding carboxylic acids is 2. The lowest BCUT2D eigenvalue weighted by atomic mass is 10.1. The molecule has 1 rings (SSSR count). The van der Waals surface area contributed by atoms with Gasteiger partial charge in [0.25, 0.3) is 5.91 Å². The first-order valence-corrected chi connectivity index (χ1v) is 5.78. The normalized spacial score (nSPS) is 11.7. The number of aryl methyl sites for hydroxylation is 1. The number of phenols is 1. The van der Waals surface area contributed by atoms with Gasteiger partial charge in [0.2, 0.25) is 5.91 Å². The SMILES string of the molecule is NC[C@H](NC(=O)CCc1ccccc1O)C(=O)NO. The van der Waals surface area contributed by atoms with Crippen molar-refractivity contribution in [2.75, 3.05) is 6.54 Å². The summed E-state index contributed by atoms with van der Waals surface area (Å²) in [6, 6.07) is 5.73. The molecule has 1 aromatic carbocycles. The second kappa shape index (κ2) is 7.34. The number of aromatic hydroxyl groups is 1. The number of rotatable bonds is 6. The van der Waals surface area contributed by atoms with Gasteiger partial charge in [-0.25, -0.2) is 5.48 Å². The zero-order valence-corrected chi connectivity index (χ0v) is 10.3.